The van der Waals surface area contributed by atoms with Gasteiger partial charge in [0.15, 0.2) is 0 Å². The van der Waals surface area contributed by atoms with Crippen LogP contribution in [0, 0.1) is 11.8 Å². The molecule has 1 N–H and O–H groups in total. The van der Waals surface area contributed by atoms with Crippen molar-refractivity contribution in [2.75, 3.05) is 6.61 Å². The second kappa shape index (κ2) is 7.21. The molecule has 0 atom stereocenters. The van der Waals surface area contributed by atoms with Crippen LogP contribution in [0.5, 0.6) is 5.75 Å². The lowest BCUT2D eigenvalue weighted by Crippen LogP contribution is -1.96. The van der Waals surface area contributed by atoms with Crippen molar-refractivity contribution in [1.29, 1.82) is 0 Å². The van der Waals surface area contributed by atoms with E-state index < -0.39 is 0 Å². The number of aliphatic hydroxyl groups is 1. The Morgan fingerprint density at radius 1 is 1.05 bits per heavy atom. The highest BCUT2D eigenvalue weighted by atomic mass is 35.5. The highest BCUT2D eigenvalue weighted by molar-refractivity contribution is 6.33. The largest absolute Gasteiger partial charge is 0.489 e. The van der Waals surface area contributed by atoms with E-state index in [-0.39, 0.29) is 6.61 Å². The predicted octanol–water partition coefficient (Wildman–Crippen LogP) is 3.92. The van der Waals surface area contributed by atoms with E-state index in [1.807, 2.05) is 24.3 Å². The first-order chi connectivity index (χ1) is 9.69. The molecule has 4 heteroatoms. The van der Waals surface area contributed by atoms with Gasteiger partial charge in [0, 0.05) is 21.2 Å². The van der Waals surface area contributed by atoms with E-state index in [4.69, 9.17) is 33.0 Å². The molecule has 0 bridgehead atoms. The van der Waals surface area contributed by atoms with Crippen molar-refractivity contribution in [2.24, 2.45) is 0 Å². The smallest absolute Gasteiger partial charge is 0.119 e. The number of halogens is 2. The number of hydrogen-bond donors (Lipinski definition) is 1. The molecule has 0 fully saturated rings. The van der Waals surface area contributed by atoms with Gasteiger partial charge in [-0.2, -0.15) is 0 Å². The minimum atomic E-state index is -0.147. The van der Waals surface area contributed by atoms with Crippen LogP contribution in [-0.4, -0.2) is 11.7 Å². The molecule has 20 heavy (non-hydrogen) atoms. The van der Waals surface area contributed by atoms with Crippen molar-refractivity contribution in [3.05, 3.63) is 63.6 Å². The summed E-state index contributed by atoms with van der Waals surface area (Å²) in [6, 6.07) is 12.6. The summed E-state index contributed by atoms with van der Waals surface area (Å²) in [7, 11) is 0. The van der Waals surface area contributed by atoms with E-state index >= 15 is 0 Å². The van der Waals surface area contributed by atoms with Gasteiger partial charge in [-0.25, -0.2) is 0 Å². The van der Waals surface area contributed by atoms with Crippen molar-refractivity contribution in [3.8, 4) is 17.6 Å². The summed E-state index contributed by atoms with van der Waals surface area (Å²) in [5.74, 6) is 6.12. The zero-order valence-corrected chi connectivity index (χ0v) is 12.1. The fourth-order valence-corrected chi connectivity index (χ4v) is 1.96. The van der Waals surface area contributed by atoms with Crippen LogP contribution in [0.3, 0.4) is 0 Å². The normalized spacial score (nSPS) is 9.75. The molecule has 0 unspecified atom stereocenters. The summed E-state index contributed by atoms with van der Waals surface area (Å²) < 4.78 is 5.65. The molecule has 2 aromatic rings. The van der Waals surface area contributed by atoms with Gasteiger partial charge < -0.3 is 9.84 Å². The molecule has 0 aliphatic carbocycles. The van der Waals surface area contributed by atoms with Crippen molar-refractivity contribution >= 4 is 23.2 Å². The first-order valence-electron chi connectivity index (χ1n) is 5.95. The first-order valence-corrected chi connectivity index (χ1v) is 6.71. The average molecular weight is 307 g/mol. The Labute approximate surface area is 127 Å². The molecule has 0 saturated carbocycles. The van der Waals surface area contributed by atoms with Gasteiger partial charge in [-0.05, 0) is 42.5 Å². The first kappa shape index (κ1) is 14.7. The van der Waals surface area contributed by atoms with Crippen molar-refractivity contribution in [1.82, 2.24) is 0 Å². The third-order valence-corrected chi connectivity index (χ3v) is 3.17. The number of hydrogen-bond acceptors (Lipinski definition) is 2. The Balaban J connectivity index is 2.02. The van der Waals surface area contributed by atoms with Crippen LogP contribution < -0.4 is 4.74 Å². The fourth-order valence-electron chi connectivity index (χ4n) is 1.59. The van der Waals surface area contributed by atoms with Crippen LogP contribution in [0.15, 0.2) is 42.5 Å². The SMILES string of the molecule is OCC#Cc1ccc(OCc2cc(Cl)ccc2Cl)cc1. The number of ether oxygens (including phenoxy) is 1. The highest BCUT2D eigenvalue weighted by Gasteiger charge is 2.02. The van der Waals surface area contributed by atoms with Crippen molar-refractivity contribution in [3.63, 3.8) is 0 Å². The van der Waals surface area contributed by atoms with Gasteiger partial charge in [0.1, 0.15) is 19.0 Å². The maximum atomic E-state index is 8.62. The molecule has 0 aliphatic rings. The number of benzene rings is 2. The second-order valence-electron chi connectivity index (χ2n) is 4.01. The lowest BCUT2D eigenvalue weighted by Gasteiger charge is -2.08. The van der Waals surface area contributed by atoms with Gasteiger partial charge in [0.05, 0.1) is 0 Å². The number of rotatable bonds is 3. The van der Waals surface area contributed by atoms with Crippen molar-refractivity contribution < 1.29 is 9.84 Å². The maximum absolute atomic E-state index is 8.62. The average Bonchev–Trinajstić information content (AvgIpc) is 2.47. The summed E-state index contributed by atoms with van der Waals surface area (Å²) in [6.07, 6.45) is 0. The zero-order chi connectivity index (χ0) is 14.4. The quantitative estimate of drug-likeness (QED) is 0.871. The summed E-state index contributed by atoms with van der Waals surface area (Å²) in [6.45, 7) is 0.201. The molecule has 2 nitrogen and oxygen atoms in total. The Bertz CT molecular complexity index is 640. The summed E-state index contributed by atoms with van der Waals surface area (Å²) in [5, 5.41) is 9.87. The standard InChI is InChI=1S/C16H12Cl2O2/c17-14-5-8-16(18)13(10-14)11-20-15-6-3-12(4-7-15)2-1-9-19/h3-8,10,19H,9,11H2. The van der Waals surface area contributed by atoms with Crippen molar-refractivity contribution in [2.45, 2.75) is 6.61 Å². The topological polar surface area (TPSA) is 29.5 Å². The van der Waals surface area contributed by atoms with Crippen LogP contribution in [0.1, 0.15) is 11.1 Å². The molecule has 0 heterocycles. The molecular weight excluding hydrogens is 295 g/mol. The monoisotopic (exact) mass is 306 g/mol. The van der Waals surface area contributed by atoms with Gasteiger partial charge in [0.25, 0.3) is 0 Å². The molecule has 0 saturated heterocycles. The van der Waals surface area contributed by atoms with Gasteiger partial charge in [-0.1, -0.05) is 35.0 Å². The minimum absolute atomic E-state index is 0.147. The third kappa shape index (κ3) is 4.18. The van der Waals surface area contributed by atoms with Crippen LogP contribution in [0.25, 0.3) is 0 Å². The molecule has 0 radical (unpaired) electrons. The predicted molar refractivity (Wildman–Crippen MR) is 81.2 cm³/mol. The lowest BCUT2D eigenvalue weighted by atomic mass is 10.2. The van der Waals surface area contributed by atoms with Crippen LogP contribution in [-0.2, 0) is 6.61 Å². The van der Waals surface area contributed by atoms with Crippen LogP contribution >= 0.6 is 23.2 Å². The minimum Gasteiger partial charge on any atom is -0.489 e. The highest BCUT2D eigenvalue weighted by Crippen LogP contribution is 2.22. The summed E-state index contributed by atoms with van der Waals surface area (Å²) in [4.78, 5) is 0. The Kier molecular flexibility index (Phi) is 5.31. The Morgan fingerprint density at radius 2 is 1.80 bits per heavy atom. The molecule has 0 amide bonds. The van der Waals surface area contributed by atoms with E-state index in [1.54, 1.807) is 18.2 Å². The zero-order valence-electron chi connectivity index (χ0n) is 10.6. The van der Waals surface area contributed by atoms with Crippen LogP contribution in [0.2, 0.25) is 10.0 Å². The van der Waals surface area contributed by atoms with E-state index in [0.29, 0.717) is 16.7 Å². The van der Waals surface area contributed by atoms with E-state index in [0.717, 1.165) is 16.9 Å². The Hall–Kier alpha value is -1.66. The molecular formula is C16H12Cl2O2. The lowest BCUT2D eigenvalue weighted by molar-refractivity contribution is 0.306. The molecule has 2 rings (SSSR count). The van der Waals surface area contributed by atoms with E-state index in [2.05, 4.69) is 11.8 Å². The van der Waals surface area contributed by atoms with Gasteiger partial charge in [-0.15, -0.1) is 0 Å². The maximum Gasteiger partial charge on any atom is 0.119 e. The molecule has 2 aromatic carbocycles. The summed E-state index contributed by atoms with van der Waals surface area (Å²) >= 11 is 12.0. The van der Waals surface area contributed by atoms with Gasteiger partial charge in [0.2, 0.25) is 0 Å². The summed E-state index contributed by atoms with van der Waals surface area (Å²) in [5.41, 5.74) is 1.66. The molecule has 0 aromatic heterocycles. The second-order valence-corrected chi connectivity index (χ2v) is 4.85. The van der Waals surface area contributed by atoms with Gasteiger partial charge in [-0.3, -0.25) is 0 Å². The molecule has 102 valence electrons. The number of aliphatic hydroxyl groups excluding tert-OH is 1. The Morgan fingerprint density at radius 3 is 2.50 bits per heavy atom. The van der Waals surface area contributed by atoms with Gasteiger partial charge >= 0.3 is 0 Å². The van der Waals surface area contributed by atoms with Crippen LogP contribution in [0.4, 0.5) is 0 Å². The van der Waals surface area contributed by atoms with E-state index in [1.165, 1.54) is 0 Å². The third-order valence-electron chi connectivity index (χ3n) is 2.57. The fraction of sp³-hybridized carbons (Fsp3) is 0.125. The van der Waals surface area contributed by atoms with E-state index in [9.17, 15) is 0 Å². The molecule has 0 spiro atoms. The molecule has 0 aliphatic heterocycles.